The number of rotatable bonds is 6. The molecule has 1 aromatic heterocycles. The molecule has 0 spiro atoms. The van der Waals surface area contributed by atoms with Gasteiger partial charge in [0.2, 0.25) is 5.89 Å². The Bertz CT molecular complexity index is 1170. The molecule has 30 heavy (non-hydrogen) atoms. The van der Waals surface area contributed by atoms with Crippen LogP contribution in [0, 0.1) is 0 Å². The molecule has 0 saturated heterocycles. The van der Waals surface area contributed by atoms with E-state index in [1.807, 2.05) is 55.4 Å². The molecule has 152 valence electrons. The lowest BCUT2D eigenvalue weighted by Crippen LogP contribution is -2.20. The van der Waals surface area contributed by atoms with Crippen LogP contribution in [0.25, 0.3) is 22.6 Å². The van der Waals surface area contributed by atoms with E-state index in [1.54, 1.807) is 30.3 Å². The van der Waals surface area contributed by atoms with Crippen LogP contribution in [-0.2, 0) is 4.79 Å². The Morgan fingerprint density at radius 2 is 1.80 bits per heavy atom. The average Bonchev–Trinajstić information content (AvgIpc) is 3.17. The summed E-state index contributed by atoms with van der Waals surface area (Å²) in [6.45, 7) is -0.0814. The van der Waals surface area contributed by atoms with E-state index in [0.717, 1.165) is 15.7 Å². The molecule has 4 rings (SSSR count). The standard InChI is InChI=1S/C23H20BrN3O3/c1-27(2)18-8-3-15(4-9-18)23-26-20-13-17(7-12-21(20)30-23)25-22(28)14-29-19-10-5-16(24)6-11-19/h3-13H,14H2,1-2H3,(H,25,28). The molecule has 0 aliphatic heterocycles. The van der Waals surface area contributed by atoms with Crippen LogP contribution in [0.15, 0.2) is 75.6 Å². The van der Waals surface area contributed by atoms with Crippen LogP contribution in [0.5, 0.6) is 5.75 Å². The number of hydrogen-bond donors (Lipinski definition) is 1. The Morgan fingerprint density at radius 3 is 2.50 bits per heavy atom. The molecule has 1 N–H and O–H groups in total. The zero-order valence-corrected chi connectivity index (χ0v) is 18.1. The number of nitrogens with one attached hydrogen (secondary N) is 1. The van der Waals surface area contributed by atoms with E-state index < -0.39 is 0 Å². The maximum Gasteiger partial charge on any atom is 0.262 e. The zero-order chi connectivity index (χ0) is 21.1. The van der Waals surface area contributed by atoms with E-state index in [9.17, 15) is 4.79 Å². The van der Waals surface area contributed by atoms with Crippen molar-refractivity contribution in [2.75, 3.05) is 30.9 Å². The van der Waals surface area contributed by atoms with Crippen LogP contribution in [0.3, 0.4) is 0 Å². The van der Waals surface area contributed by atoms with Gasteiger partial charge in [-0.25, -0.2) is 4.98 Å². The summed E-state index contributed by atoms with van der Waals surface area (Å²) >= 11 is 3.36. The third-order valence-corrected chi connectivity index (χ3v) is 5.01. The number of nitrogens with zero attached hydrogens (tertiary/aromatic N) is 2. The van der Waals surface area contributed by atoms with Crippen LogP contribution < -0.4 is 15.0 Å². The largest absolute Gasteiger partial charge is 0.484 e. The topological polar surface area (TPSA) is 67.6 Å². The van der Waals surface area contributed by atoms with Crippen molar-refractivity contribution in [2.24, 2.45) is 0 Å². The van der Waals surface area contributed by atoms with Crippen LogP contribution >= 0.6 is 15.9 Å². The maximum atomic E-state index is 12.2. The molecule has 7 heteroatoms. The number of hydrogen-bond acceptors (Lipinski definition) is 5. The Labute approximate surface area is 182 Å². The third-order valence-electron chi connectivity index (χ3n) is 4.49. The van der Waals surface area contributed by atoms with Gasteiger partial charge in [0.25, 0.3) is 5.91 Å². The van der Waals surface area contributed by atoms with Gasteiger partial charge in [0.15, 0.2) is 12.2 Å². The predicted octanol–water partition coefficient (Wildman–Crippen LogP) is 5.34. The SMILES string of the molecule is CN(C)c1ccc(-c2nc3cc(NC(=O)COc4ccc(Br)cc4)ccc3o2)cc1. The number of anilines is 2. The molecule has 1 amide bonds. The normalized spacial score (nSPS) is 10.8. The van der Waals surface area contributed by atoms with Crippen molar-refractivity contribution in [1.29, 1.82) is 0 Å². The lowest BCUT2D eigenvalue weighted by molar-refractivity contribution is -0.118. The monoisotopic (exact) mass is 465 g/mol. The van der Waals surface area contributed by atoms with Crippen molar-refractivity contribution in [3.8, 4) is 17.2 Å². The molecule has 0 aliphatic rings. The van der Waals surface area contributed by atoms with Gasteiger partial charge in [-0.15, -0.1) is 0 Å². The summed E-state index contributed by atoms with van der Waals surface area (Å²) in [4.78, 5) is 18.8. The molecule has 6 nitrogen and oxygen atoms in total. The van der Waals surface area contributed by atoms with Crippen LogP contribution in [-0.4, -0.2) is 31.6 Å². The number of fused-ring (bicyclic) bond motifs is 1. The van der Waals surface area contributed by atoms with Crippen molar-refractivity contribution in [3.63, 3.8) is 0 Å². The highest BCUT2D eigenvalue weighted by molar-refractivity contribution is 9.10. The van der Waals surface area contributed by atoms with Crippen LogP contribution in [0.1, 0.15) is 0 Å². The van der Waals surface area contributed by atoms with Gasteiger partial charge in [0.1, 0.15) is 11.3 Å². The molecule has 4 aromatic rings. The molecule has 0 aliphatic carbocycles. The summed E-state index contributed by atoms with van der Waals surface area (Å²) in [6, 6.07) is 20.7. The highest BCUT2D eigenvalue weighted by atomic mass is 79.9. The first kappa shape index (κ1) is 20.0. The highest BCUT2D eigenvalue weighted by Crippen LogP contribution is 2.27. The molecule has 0 radical (unpaired) electrons. The second-order valence-corrected chi connectivity index (χ2v) is 7.85. The number of carbonyl (C=O) groups is 1. The molecule has 0 unspecified atom stereocenters. The quantitative estimate of drug-likeness (QED) is 0.416. The number of aromatic nitrogens is 1. The molecule has 0 bridgehead atoms. The number of halogens is 1. The summed E-state index contributed by atoms with van der Waals surface area (Å²) < 4.78 is 12.3. The van der Waals surface area contributed by atoms with E-state index in [4.69, 9.17) is 9.15 Å². The van der Waals surface area contributed by atoms with Gasteiger partial charge in [-0.05, 0) is 66.7 Å². The number of amides is 1. The van der Waals surface area contributed by atoms with Gasteiger partial charge >= 0.3 is 0 Å². The lowest BCUT2D eigenvalue weighted by atomic mass is 10.2. The fourth-order valence-corrected chi connectivity index (χ4v) is 3.17. The Morgan fingerprint density at radius 1 is 1.07 bits per heavy atom. The van der Waals surface area contributed by atoms with E-state index >= 15 is 0 Å². The third kappa shape index (κ3) is 4.63. The van der Waals surface area contributed by atoms with Gasteiger partial charge < -0.3 is 19.4 Å². The number of carbonyl (C=O) groups excluding carboxylic acids is 1. The molecular formula is C23H20BrN3O3. The van der Waals surface area contributed by atoms with E-state index in [2.05, 4.69) is 26.2 Å². The van der Waals surface area contributed by atoms with Crippen LogP contribution in [0.2, 0.25) is 0 Å². The van der Waals surface area contributed by atoms with Gasteiger partial charge in [-0.2, -0.15) is 0 Å². The number of ether oxygens (including phenoxy) is 1. The summed E-state index contributed by atoms with van der Waals surface area (Å²) in [5.74, 6) is 0.919. The van der Waals surface area contributed by atoms with E-state index in [-0.39, 0.29) is 12.5 Å². The highest BCUT2D eigenvalue weighted by Gasteiger charge is 2.11. The molecule has 0 atom stereocenters. The predicted molar refractivity (Wildman–Crippen MR) is 122 cm³/mol. The second-order valence-electron chi connectivity index (χ2n) is 6.93. The Kier molecular flexibility index (Phi) is 5.72. The van der Waals surface area contributed by atoms with Crippen molar-refractivity contribution < 1.29 is 13.9 Å². The van der Waals surface area contributed by atoms with Gasteiger partial charge in [0.05, 0.1) is 0 Å². The minimum Gasteiger partial charge on any atom is -0.484 e. The lowest BCUT2D eigenvalue weighted by Gasteiger charge is -2.11. The van der Waals surface area contributed by atoms with Crippen molar-refractivity contribution >= 4 is 44.3 Å². The molecule has 0 saturated carbocycles. The minimum atomic E-state index is -0.250. The smallest absolute Gasteiger partial charge is 0.262 e. The molecule has 1 heterocycles. The first-order chi connectivity index (χ1) is 14.5. The van der Waals surface area contributed by atoms with Gasteiger partial charge in [-0.3, -0.25) is 4.79 Å². The fourth-order valence-electron chi connectivity index (χ4n) is 2.91. The van der Waals surface area contributed by atoms with Gasteiger partial charge in [-0.1, -0.05) is 15.9 Å². The Hall–Kier alpha value is -3.32. The number of oxazole rings is 1. The molecular weight excluding hydrogens is 446 g/mol. The van der Waals surface area contributed by atoms with Crippen molar-refractivity contribution in [3.05, 3.63) is 71.2 Å². The molecule has 3 aromatic carbocycles. The first-order valence-electron chi connectivity index (χ1n) is 9.34. The van der Waals surface area contributed by atoms with Gasteiger partial charge in [0, 0.05) is 35.5 Å². The zero-order valence-electron chi connectivity index (χ0n) is 16.6. The van der Waals surface area contributed by atoms with E-state index in [1.165, 1.54) is 0 Å². The summed E-state index contributed by atoms with van der Waals surface area (Å²) in [7, 11) is 3.99. The summed E-state index contributed by atoms with van der Waals surface area (Å²) in [5, 5.41) is 2.82. The average molecular weight is 466 g/mol. The Balaban J connectivity index is 1.44. The molecule has 0 fully saturated rings. The van der Waals surface area contributed by atoms with Crippen LogP contribution in [0.4, 0.5) is 11.4 Å². The van der Waals surface area contributed by atoms with Crippen molar-refractivity contribution in [2.45, 2.75) is 0 Å². The van der Waals surface area contributed by atoms with E-state index in [0.29, 0.717) is 28.4 Å². The second kappa shape index (κ2) is 8.59. The number of benzene rings is 3. The first-order valence-corrected chi connectivity index (χ1v) is 10.1. The van der Waals surface area contributed by atoms with Crippen molar-refractivity contribution in [1.82, 2.24) is 4.98 Å². The maximum absolute atomic E-state index is 12.2. The summed E-state index contributed by atoms with van der Waals surface area (Å²) in [5.41, 5.74) is 3.96. The minimum absolute atomic E-state index is 0.0814. The fraction of sp³-hybridized carbons (Fsp3) is 0.130. The summed E-state index contributed by atoms with van der Waals surface area (Å²) in [6.07, 6.45) is 0.